The fourth-order valence-corrected chi connectivity index (χ4v) is 4.27. The van der Waals surface area contributed by atoms with Crippen molar-refractivity contribution in [2.75, 3.05) is 20.1 Å². The molecule has 0 aromatic heterocycles. The Labute approximate surface area is 151 Å². The number of halogens is 1. The van der Waals surface area contributed by atoms with Gasteiger partial charge in [-0.15, -0.1) is 0 Å². The first-order valence-corrected chi connectivity index (χ1v) is 8.69. The third-order valence-electron chi connectivity index (χ3n) is 5.78. The highest BCUT2D eigenvalue weighted by molar-refractivity contribution is 6.31. The first-order chi connectivity index (χ1) is 11.8. The summed E-state index contributed by atoms with van der Waals surface area (Å²) < 4.78 is 0. The number of piperidine rings is 1. The minimum absolute atomic E-state index is 0.0349. The van der Waals surface area contributed by atoms with Crippen LogP contribution < -0.4 is 0 Å². The summed E-state index contributed by atoms with van der Waals surface area (Å²) in [5, 5.41) is 10.1. The van der Waals surface area contributed by atoms with E-state index in [0.29, 0.717) is 36.5 Å². The Bertz CT molecular complexity index is 741. The molecule has 2 aliphatic rings. The number of carboxylic acids is 1. The fourth-order valence-electron chi connectivity index (χ4n) is 4.09. The number of carbonyl (C=O) groups is 3. The summed E-state index contributed by atoms with van der Waals surface area (Å²) in [6.07, 6.45) is 0.975. The predicted molar refractivity (Wildman–Crippen MR) is 92.6 cm³/mol. The smallest absolute Gasteiger partial charge is 0.309 e. The molecule has 0 radical (unpaired) electrons. The van der Waals surface area contributed by atoms with Crippen molar-refractivity contribution in [3.05, 3.63) is 34.3 Å². The molecule has 2 aliphatic heterocycles. The fraction of sp³-hybridized carbons (Fsp3) is 0.500. The van der Waals surface area contributed by atoms with E-state index < -0.39 is 17.4 Å². The van der Waals surface area contributed by atoms with E-state index in [1.165, 1.54) is 0 Å². The van der Waals surface area contributed by atoms with Crippen molar-refractivity contribution in [1.29, 1.82) is 0 Å². The number of likely N-dealkylation sites (tertiary alicyclic amines) is 2. The second-order valence-corrected chi connectivity index (χ2v) is 7.26. The molecule has 0 saturated carbocycles. The normalized spacial score (nSPS) is 22.5. The van der Waals surface area contributed by atoms with Crippen molar-refractivity contribution in [2.45, 2.75) is 31.7 Å². The lowest BCUT2D eigenvalue weighted by Gasteiger charge is -2.45. The molecular weight excluding hydrogens is 344 g/mol. The average Bonchev–Trinajstić information content (AvgIpc) is 2.83. The zero-order valence-corrected chi connectivity index (χ0v) is 15.0. The first-order valence-electron chi connectivity index (χ1n) is 8.32. The number of rotatable bonds is 2. The molecule has 1 spiro atoms. The van der Waals surface area contributed by atoms with E-state index >= 15 is 0 Å². The van der Waals surface area contributed by atoms with Crippen molar-refractivity contribution < 1.29 is 19.5 Å². The number of hydrogen-bond donors (Lipinski definition) is 1. The molecule has 2 heterocycles. The van der Waals surface area contributed by atoms with Crippen molar-refractivity contribution in [3.63, 3.8) is 0 Å². The van der Waals surface area contributed by atoms with Crippen LogP contribution in [0.25, 0.3) is 0 Å². The third kappa shape index (κ3) is 2.78. The SMILES string of the molecule is Cc1c(Cl)cccc1C(=O)N1CCC2(CC1)C(C(=O)O)CC(=O)N2C. The van der Waals surface area contributed by atoms with Crippen LogP contribution in [0.4, 0.5) is 0 Å². The third-order valence-corrected chi connectivity index (χ3v) is 6.19. The molecule has 1 atom stereocenters. The van der Waals surface area contributed by atoms with Crippen LogP contribution in [0.1, 0.15) is 35.2 Å². The highest BCUT2D eigenvalue weighted by atomic mass is 35.5. The molecule has 0 aliphatic carbocycles. The Balaban J connectivity index is 1.79. The summed E-state index contributed by atoms with van der Waals surface area (Å²) in [4.78, 5) is 39.8. The van der Waals surface area contributed by atoms with E-state index in [0.717, 1.165) is 5.56 Å². The monoisotopic (exact) mass is 364 g/mol. The lowest BCUT2D eigenvalue weighted by Crippen LogP contribution is -2.57. The standard InChI is InChI=1S/C18H21ClN2O4/c1-11-12(4-3-5-14(11)19)16(23)21-8-6-18(7-9-21)13(17(24)25)10-15(22)20(18)2/h3-5,13H,6-10H2,1-2H3,(H,24,25). The van der Waals surface area contributed by atoms with Gasteiger partial charge in [0.15, 0.2) is 0 Å². The van der Waals surface area contributed by atoms with Gasteiger partial charge in [0.25, 0.3) is 5.91 Å². The predicted octanol–water partition coefficient (Wildman–Crippen LogP) is 2.19. The Morgan fingerprint density at radius 1 is 1.28 bits per heavy atom. The maximum Gasteiger partial charge on any atom is 0.309 e. The summed E-state index contributed by atoms with van der Waals surface area (Å²) in [5.74, 6) is -1.90. The van der Waals surface area contributed by atoms with Crippen LogP contribution in [0, 0.1) is 12.8 Å². The molecular formula is C18H21ClN2O4. The van der Waals surface area contributed by atoms with Gasteiger partial charge < -0.3 is 14.9 Å². The molecule has 0 bridgehead atoms. The Kier molecular flexibility index (Phi) is 4.49. The highest BCUT2D eigenvalue weighted by Crippen LogP contribution is 2.43. The zero-order chi connectivity index (χ0) is 18.4. The first kappa shape index (κ1) is 17.7. The molecule has 3 rings (SSSR count). The maximum atomic E-state index is 12.8. The summed E-state index contributed by atoms with van der Waals surface area (Å²) in [6, 6.07) is 5.24. The molecule has 2 fully saturated rings. The van der Waals surface area contributed by atoms with Gasteiger partial charge in [0, 0.05) is 37.1 Å². The molecule has 1 unspecified atom stereocenters. The van der Waals surface area contributed by atoms with Crippen LogP contribution >= 0.6 is 11.6 Å². The lowest BCUT2D eigenvalue weighted by molar-refractivity contribution is -0.145. The van der Waals surface area contributed by atoms with Crippen molar-refractivity contribution in [3.8, 4) is 0 Å². The Morgan fingerprint density at radius 2 is 1.92 bits per heavy atom. The number of benzene rings is 1. The molecule has 134 valence electrons. The van der Waals surface area contributed by atoms with Crippen molar-refractivity contribution in [2.24, 2.45) is 5.92 Å². The van der Waals surface area contributed by atoms with Gasteiger partial charge in [-0.05, 0) is 37.5 Å². The highest BCUT2D eigenvalue weighted by Gasteiger charge is 2.55. The molecule has 2 saturated heterocycles. The van der Waals surface area contributed by atoms with Gasteiger partial charge in [-0.2, -0.15) is 0 Å². The van der Waals surface area contributed by atoms with E-state index in [1.807, 2.05) is 6.92 Å². The largest absolute Gasteiger partial charge is 0.481 e. The number of nitrogens with zero attached hydrogens (tertiary/aromatic N) is 2. The second-order valence-electron chi connectivity index (χ2n) is 6.86. The topological polar surface area (TPSA) is 77.9 Å². The lowest BCUT2D eigenvalue weighted by atomic mass is 9.77. The maximum absolute atomic E-state index is 12.8. The van der Waals surface area contributed by atoms with Gasteiger partial charge in [0.2, 0.25) is 5.91 Å². The van der Waals surface area contributed by atoms with E-state index in [9.17, 15) is 19.5 Å². The van der Waals surface area contributed by atoms with Crippen LogP contribution in [0.15, 0.2) is 18.2 Å². The molecule has 2 amide bonds. The van der Waals surface area contributed by atoms with Crippen LogP contribution in [-0.4, -0.2) is 58.4 Å². The van der Waals surface area contributed by atoms with Gasteiger partial charge in [0.05, 0.1) is 11.5 Å². The van der Waals surface area contributed by atoms with Gasteiger partial charge in [-0.25, -0.2) is 0 Å². The van der Waals surface area contributed by atoms with Crippen molar-refractivity contribution >= 4 is 29.4 Å². The van der Waals surface area contributed by atoms with Gasteiger partial charge in [0.1, 0.15) is 0 Å². The minimum atomic E-state index is -0.942. The molecule has 1 aromatic carbocycles. The molecule has 1 N–H and O–H groups in total. The van der Waals surface area contributed by atoms with E-state index in [2.05, 4.69) is 0 Å². The zero-order valence-electron chi connectivity index (χ0n) is 14.3. The van der Waals surface area contributed by atoms with Crippen LogP contribution in [-0.2, 0) is 9.59 Å². The molecule has 6 nitrogen and oxygen atoms in total. The number of carboxylic acid groups (broad SMARTS) is 1. The second kappa shape index (κ2) is 6.33. The van der Waals surface area contributed by atoms with Crippen molar-refractivity contribution in [1.82, 2.24) is 9.80 Å². The molecule has 1 aromatic rings. The molecule has 7 heteroatoms. The number of amides is 2. The summed E-state index contributed by atoms with van der Waals surface area (Å²) >= 11 is 6.10. The molecule has 25 heavy (non-hydrogen) atoms. The quantitative estimate of drug-likeness (QED) is 0.872. The average molecular weight is 365 g/mol. The van der Waals surface area contributed by atoms with E-state index in [-0.39, 0.29) is 18.2 Å². The van der Waals surface area contributed by atoms with Gasteiger partial charge in [-0.3, -0.25) is 14.4 Å². The van der Waals surface area contributed by atoms with E-state index in [4.69, 9.17) is 11.6 Å². The summed E-state index contributed by atoms with van der Waals surface area (Å²) in [7, 11) is 1.67. The van der Waals surface area contributed by atoms with Crippen LogP contribution in [0.2, 0.25) is 5.02 Å². The number of hydrogen-bond acceptors (Lipinski definition) is 3. The van der Waals surface area contributed by atoms with Crippen LogP contribution in [0.3, 0.4) is 0 Å². The summed E-state index contributed by atoms with van der Waals surface area (Å²) in [6.45, 7) is 2.66. The number of carbonyl (C=O) groups excluding carboxylic acids is 2. The Hall–Kier alpha value is -2.08. The van der Waals surface area contributed by atoms with Gasteiger partial charge >= 0.3 is 5.97 Å². The van der Waals surface area contributed by atoms with E-state index in [1.54, 1.807) is 35.0 Å². The summed E-state index contributed by atoms with van der Waals surface area (Å²) in [5.41, 5.74) is 0.614. The van der Waals surface area contributed by atoms with Gasteiger partial charge in [-0.1, -0.05) is 17.7 Å². The number of aliphatic carboxylic acids is 1. The minimum Gasteiger partial charge on any atom is -0.481 e. The van der Waals surface area contributed by atoms with Crippen LogP contribution in [0.5, 0.6) is 0 Å². The Morgan fingerprint density at radius 3 is 2.52 bits per heavy atom.